The van der Waals surface area contributed by atoms with E-state index in [9.17, 15) is 24.3 Å². The molecule has 3 aromatic rings. The summed E-state index contributed by atoms with van der Waals surface area (Å²) in [6.07, 6.45) is 4.16. The van der Waals surface area contributed by atoms with Crippen molar-refractivity contribution >= 4 is 34.5 Å². The van der Waals surface area contributed by atoms with Crippen LogP contribution in [-0.4, -0.2) is 81.5 Å². The molecule has 2 heterocycles. The van der Waals surface area contributed by atoms with E-state index < -0.39 is 47.9 Å². The number of para-hydroxylation sites is 1. The number of nitrogens with one attached hydrogen (secondary N) is 3. The van der Waals surface area contributed by atoms with Crippen molar-refractivity contribution < 1.29 is 24.3 Å². The minimum Gasteiger partial charge on any atom is -0.390 e. The zero-order valence-electron chi connectivity index (χ0n) is 28.7. The van der Waals surface area contributed by atoms with Crippen LogP contribution in [0, 0.1) is 11.8 Å². The molecule has 1 saturated carbocycles. The first kappa shape index (κ1) is 35.9. The molecule has 1 saturated heterocycles. The Bertz CT molecular complexity index is 1630. The van der Waals surface area contributed by atoms with Crippen LogP contribution in [0.1, 0.15) is 75.3 Å². The van der Waals surface area contributed by atoms with Gasteiger partial charge >= 0.3 is 0 Å². The third-order valence-corrected chi connectivity index (χ3v) is 9.70. The van der Waals surface area contributed by atoms with E-state index in [4.69, 9.17) is 5.73 Å². The summed E-state index contributed by atoms with van der Waals surface area (Å²) < 4.78 is 0. The van der Waals surface area contributed by atoms with Gasteiger partial charge in [0.2, 0.25) is 17.7 Å². The van der Waals surface area contributed by atoms with E-state index >= 15 is 0 Å². The van der Waals surface area contributed by atoms with Crippen molar-refractivity contribution in [1.82, 2.24) is 25.8 Å². The van der Waals surface area contributed by atoms with Gasteiger partial charge in [-0.3, -0.25) is 24.1 Å². The Kier molecular flexibility index (Phi) is 11.7. The second kappa shape index (κ2) is 15.9. The number of hydrogen-bond donors (Lipinski definition) is 5. The molecule has 2 aromatic carbocycles. The lowest BCUT2D eigenvalue weighted by Crippen LogP contribution is -2.60. The molecule has 2 fully saturated rings. The number of hydrogen-bond acceptors (Lipinski definition) is 7. The summed E-state index contributed by atoms with van der Waals surface area (Å²) in [7, 11) is 0. The van der Waals surface area contributed by atoms with Crippen molar-refractivity contribution in [3.63, 3.8) is 0 Å². The molecule has 49 heavy (non-hydrogen) atoms. The van der Waals surface area contributed by atoms with Crippen LogP contribution in [0.15, 0.2) is 66.7 Å². The Morgan fingerprint density at radius 3 is 2.35 bits per heavy atom. The minimum absolute atomic E-state index is 0.0479. The summed E-state index contributed by atoms with van der Waals surface area (Å²) in [4.78, 5) is 59.0. The fourth-order valence-electron chi connectivity index (χ4n) is 7.24. The molecule has 1 aromatic heterocycles. The Labute approximate surface area is 288 Å². The number of aliphatic hydroxyl groups excluding tert-OH is 1. The summed E-state index contributed by atoms with van der Waals surface area (Å²) in [6.45, 7) is 6.77. The van der Waals surface area contributed by atoms with Gasteiger partial charge in [-0.1, -0.05) is 73.9 Å². The van der Waals surface area contributed by atoms with Crippen molar-refractivity contribution in [2.45, 2.75) is 95.5 Å². The highest BCUT2D eigenvalue weighted by molar-refractivity contribution is 5.98. The van der Waals surface area contributed by atoms with Gasteiger partial charge in [-0.15, -0.1) is 0 Å². The molecule has 11 nitrogen and oxygen atoms in total. The van der Waals surface area contributed by atoms with E-state index in [1.807, 2.05) is 69.3 Å². The second-order valence-electron chi connectivity index (χ2n) is 14.7. The monoisotopic (exact) mass is 670 g/mol. The number of amides is 4. The Morgan fingerprint density at radius 1 is 0.939 bits per heavy atom. The van der Waals surface area contributed by atoms with Crippen LogP contribution in [0.4, 0.5) is 0 Å². The summed E-state index contributed by atoms with van der Waals surface area (Å²) in [5.74, 6) is -1.17. The molecular formula is C38H50N6O5. The van der Waals surface area contributed by atoms with Crippen molar-refractivity contribution in [1.29, 1.82) is 0 Å². The smallest absolute Gasteiger partial charge is 0.270 e. The molecule has 4 amide bonds. The molecule has 11 heteroatoms. The number of rotatable bonds is 12. The minimum atomic E-state index is -1.30. The van der Waals surface area contributed by atoms with Gasteiger partial charge in [0.25, 0.3) is 5.91 Å². The molecule has 0 unspecified atom stereocenters. The van der Waals surface area contributed by atoms with Crippen LogP contribution in [0.2, 0.25) is 0 Å². The number of primary amides is 1. The van der Waals surface area contributed by atoms with Crippen LogP contribution in [0.25, 0.3) is 10.9 Å². The summed E-state index contributed by atoms with van der Waals surface area (Å²) in [5, 5.41) is 21.2. The fourth-order valence-corrected chi connectivity index (χ4v) is 7.24. The SMILES string of the molecule is CC(C)(C)NC(=O)[C@@H]1C[C@@H]2CCCC[C@@H]2CN1C[C@H](O)[C@H](Cc1ccccc1)NC(=O)C[C@H](NC(=O)c1ccc2ccccc2n1)C(N)=O. The molecule has 5 rings (SSSR count). The average molecular weight is 671 g/mol. The van der Waals surface area contributed by atoms with Crippen LogP contribution in [-0.2, 0) is 20.8 Å². The van der Waals surface area contributed by atoms with Gasteiger partial charge in [0, 0.05) is 24.0 Å². The number of piperidine rings is 1. The third kappa shape index (κ3) is 9.86. The third-order valence-electron chi connectivity index (χ3n) is 9.70. The highest BCUT2D eigenvalue weighted by Gasteiger charge is 2.42. The number of carbonyl (C=O) groups is 4. The lowest BCUT2D eigenvalue weighted by atomic mass is 9.72. The number of β-amino-alcohol motifs (C(OH)–C–C–N with tert-alkyl or cyclic N) is 1. The van der Waals surface area contributed by atoms with Crippen molar-refractivity contribution in [3.8, 4) is 0 Å². The van der Waals surface area contributed by atoms with Gasteiger partial charge in [0.05, 0.1) is 30.1 Å². The van der Waals surface area contributed by atoms with Crippen LogP contribution < -0.4 is 21.7 Å². The van der Waals surface area contributed by atoms with E-state index in [0.717, 1.165) is 36.6 Å². The Balaban J connectivity index is 1.30. The van der Waals surface area contributed by atoms with Gasteiger partial charge in [-0.25, -0.2) is 4.98 Å². The molecular weight excluding hydrogens is 620 g/mol. The van der Waals surface area contributed by atoms with Crippen molar-refractivity contribution in [2.75, 3.05) is 13.1 Å². The van der Waals surface area contributed by atoms with Gasteiger partial charge in [0.15, 0.2) is 0 Å². The van der Waals surface area contributed by atoms with E-state index in [1.54, 1.807) is 18.2 Å². The quantitative estimate of drug-likeness (QED) is 0.198. The maximum atomic E-state index is 13.6. The molecule has 6 N–H and O–H groups in total. The Hall–Kier alpha value is -4.35. The summed E-state index contributed by atoms with van der Waals surface area (Å²) >= 11 is 0. The lowest BCUT2D eigenvalue weighted by molar-refractivity contribution is -0.133. The largest absolute Gasteiger partial charge is 0.390 e. The number of aliphatic hydroxyl groups is 1. The molecule has 0 bridgehead atoms. The van der Waals surface area contributed by atoms with Gasteiger partial charge in [-0.2, -0.15) is 0 Å². The zero-order valence-corrected chi connectivity index (χ0v) is 28.7. The summed E-state index contributed by atoms with van der Waals surface area (Å²) in [6, 6.07) is 17.7. The highest BCUT2D eigenvalue weighted by atomic mass is 16.3. The van der Waals surface area contributed by atoms with Crippen LogP contribution >= 0.6 is 0 Å². The first-order valence-electron chi connectivity index (χ1n) is 17.4. The van der Waals surface area contributed by atoms with E-state index in [0.29, 0.717) is 30.3 Å². The first-order chi connectivity index (χ1) is 23.4. The molecule has 2 aliphatic rings. The average Bonchev–Trinajstić information content (AvgIpc) is 3.06. The maximum Gasteiger partial charge on any atom is 0.270 e. The molecule has 1 aliphatic heterocycles. The second-order valence-corrected chi connectivity index (χ2v) is 14.7. The number of benzene rings is 2. The first-order valence-corrected chi connectivity index (χ1v) is 17.4. The standard InChI is InChI=1S/C38H50N6O5/c1-38(2,3)43-37(49)32-20-26-14-7-8-15-27(26)22-44(32)23-33(45)30(19-24-11-5-4-6-12-24)41-34(46)21-31(35(39)47)42-36(48)29-18-17-25-13-9-10-16-28(25)40-29/h4-6,9-13,16-18,26-27,30-33,45H,7-8,14-15,19-23H2,1-3H3,(H2,39,47)(H,41,46)(H,42,48)(H,43,49)/t26-,27+,30-,31-,32-,33-/m0/s1. The molecule has 0 radical (unpaired) electrons. The number of pyridine rings is 1. The molecule has 262 valence electrons. The molecule has 1 aliphatic carbocycles. The Morgan fingerprint density at radius 2 is 1.63 bits per heavy atom. The number of nitrogens with zero attached hydrogens (tertiary/aromatic N) is 2. The van der Waals surface area contributed by atoms with E-state index in [-0.39, 0.29) is 24.2 Å². The normalized spacial score (nSPS) is 21.5. The van der Waals surface area contributed by atoms with E-state index in [2.05, 4.69) is 25.8 Å². The number of carbonyl (C=O) groups excluding carboxylic acids is 4. The summed E-state index contributed by atoms with van der Waals surface area (Å²) in [5.41, 5.74) is 6.85. The number of nitrogens with two attached hydrogens (primary N) is 1. The topological polar surface area (TPSA) is 167 Å². The van der Waals surface area contributed by atoms with Crippen molar-refractivity contribution in [2.24, 2.45) is 17.6 Å². The number of likely N-dealkylation sites (tertiary alicyclic amines) is 1. The maximum absolute atomic E-state index is 13.6. The van der Waals surface area contributed by atoms with Gasteiger partial charge in [-0.05, 0) is 69.6 Å². The molecule has 0 spiro atoms. The highest BCUT2D eigenvalue weighted by Crippen LogP contribution is 2.39. The van der Waals surface area contributed by atoms with Crippen LogP contribution in [0.5, 0.6) is 0 Å². The van der Waals surface area contributed by atoms with Gasteiger partial charge in [0.1, 0.15) is 11.7 Å². The number of aromatic nitrogens is 1. The lowest BCUT2D eigenvalue weighted by Gasteiger charge is -2.47. The predicted octanol–water partition coefficient (Wildman–Crippen LogP) is 3.09. The predicted molar refractivity (Wildman–Crippen MR) is 188 cm³/mol. The molecule has 6 atom stereocenters. The fraction of sp³-hybridized carbons (Fsp3) is 0.500. The number of fused-ring (bicyclic) bond motifs is 2. The van der Waals surface area contributed by atoms with E-state index in [1.165, 1.54) is 6.42 Å². The van der Waals surface area contributed by atoms with Crippen molar-refractivity contribution in [3.05, 3.63) is 78.0 Å². The zero-order chi connectivity index (χ0) is 35.1. The van der Waals surface area contributed by atoms with Crippen LogP contribution in [0.3, 0.4) is 0 Å². The van der Waals surface area contributed by atoms with Gasteiger partial charge < -0.3 is 26.8 Å².